The van der Waals surface area contributed by atoms with Gasteiger partial charge in [0.15, 0.2) is 5.82 Å². The maximum Gasteiger partial charge on any atom is 0.261 e. The molecule has 1 aromatic carbocycles. The van der Waals surface area contributed by atoms with Gasteiger partial charge in [0, 0.05) is 12.3 Å². The molecule has 5 rings (SSSR count). The number of nitrogens with zero attached hydrogens (tertiary/aromatic N) is 4. The lowest BCUT2D eigenvalue weighted by molar-refractivity contribution is 0.0965. The monoisotopic (exact) mass is 443 g/mol. The summed E-state index contributed by atoms with van der Waals surface area (Å²) in [5, 5.41) is 23.2. The van der Waals surface area contributed by atoms with E-state index >= 15 is 0 Å². The highest BCUT2D eigenvalue weighted by Crippen LogP contribution is 2.32. The van der Waals surface area contributed by atoms with Crippen LogP contribution in [0.1, 0.15) is 33.5 Å². The van der Waals surface area contributed by atoms with E-state index in [9.17, 15) is 9.90 Å². The van der Waals surface area contributed by atoms with Crippen LogP contribution in [-0.4, -0.2) is 37.7 Å². The number of nitrogens with one attached hydrogen (secondary N) is 3. The zero-order chi connectivity index (χ0) is 22.8. The Kier molecular flexibility index (Phi) is 5.41. The first-order chi connectivity index (χ1) is 16.1. The molecule has 4 N–H and O–H groups in total. The highest BCUT2D eigenvalue weighted by atomic mass is 16.5. The van der Waals surface area contributed by atoms with Gasteiger partial charge in [0.25, 0.3) is 11.8 Å². The summed E-state index contributed by atoms with van der Waals surface area (Å²) in [7, 11) is 0. The fourth-order valence-electron chi connectivity index (χ4n) is 3.63. The van der Waals surface area contributed by atoms with Gasteiger partial charge in [-0.1, -0.05) is 35.5 Å². The van der Waals surface area contributed by atoms with Gasteiger partial charge in [-0.15, -0.1) is 0 Å². The fraction of sp³-hybridized carbons (Fsp3) is 0.174. The van der Waals surface area contributed by atoms with Gasteiger partial charge in [-0.2, -0.15) is 4.98 Å². The Labute approximate surface area is 189 Å². The molecular weight excluding hydrogens is 422 g/mol. The molecule has 1 atom stereocenters. The quantitative estimate of drug-likeness (QED) is 0.339. The predicted octanol–water partition coefficient (Wildman–Crippen LogP) is 2.97. The highest BCUT2D eigenvalue weighted by Gasteiger charge is 2.21. The minimum atomic E-state index is -0.362. The van der Waals surface area contributed by atoms with E-state index in [1.165, 1.54) is 0 Å². The summed E-state index contributed by atoms with van der Waals surface area (Å²) >= 11 is 0. The Hall–Kier alpha value is -4.31. The van der Waals surface area contributed by atoms with Crippen molar-refractivity contribution in [1.29, 1.82) is 0 Å². The van der Waals surface area contributed by atoms with Gasteiger partial charge in [-0.3, -0.25) is 4.79 Å². The van der Waals surface area contributed by atoms with E-state index in [4.69, 9.17) is 4.52 Å². The van der Waals surface area contributed by atoms with E-state index in [1.54, 1.807) is 31.3 Å². The van der Waals surface area contributed by atoms with Crippen LogP contribution < -0.4 is 16.0 Å². The van der Waals surface area contributed by atoms with Crippen LogP contribution >= 0.6 is 0 Å². The molecule has 0 saturated carbocycles. The maximum absolute atomic E-state index is 11.8. The molecule has 0 spiro atoms. The molecule has 1 amide bonds. The molecule has 10 heteroatoms. The molecule has 0 radical (unpaired) electrons. The number of anilines is 3. The van der Waals surface area contributed by atoms with Crippen LogP contribution in [0.3, 0.4) is 0 Å². The number of amides is 1. The average molecular weight is 443 g/mol. The molecule has 1 aliphatic rings. The Morgan fingerprint density at radius 2 is 1.97 bits per heavy atom. The normalized spacial score (nSPS) is 13.3. The highest BCUT2D eigenvalue weighted by molar-refractivity contribution is 5.98. The van der Waals surface area contributed by atoms with Crippen LogP contribution in [-0.2, 0) is 6.54 Å². The third kappa shape index (κ3) is 4.23. The third-order valence-electron chi connectivity index (χ3n) is 5.27. The summed E-state index contributed by atoms with van der Waals surface area (Å²) in [5.41, 5.74) is 3.44. The summed E-state index contributed by atoms with van der Waals surface area (Å²) in [5.74, 6) is 1.78. The van der Waals surface area contributed by atoms with Crippen molar-refractivity contribution in [3.05, 3.63) is 77.4 Å². The lowest BCUT2D eigenvalue weighted by Gasteiger charge is -2.20. The van der Waals surface area contributed by atoms with E-state index in [2.05, 4.69) is 36.1 Å². The van der Waals surface area contributed by atoms with E-state index in [0.717, 1.165) is 5.56 Å². The van der Waals surface area contributed by atoms with Crippen molar-refractivity contribution >= 4 is 23.2 Å². The zero-order valence-corrected chi connectivity index (χ0v) is 17.7. The number of rotatable bonds is 7. The van der Waals surface area contributed by atoms with Crippen LogP contribution in [0.2, 0.25) is 0 Å². The second-order valence-corrected chi connectivity index (χ2v) is 7.55. The van der Waals surface area contributed by atoms with Crippen LogP contribution in [0.4, 0.5) is 17.3 Å². The van der Waals surface area contributed by atoms with E-state index < -0.39 is 0 Å². The molecule has 0 aliphatic carbocycles. The van der Waals surface area contributed by atoms with Gasteiger partial charge in [0.05, 0.1) is 41.7 Å². The molecule has 3 aromatic heterocycles. The number of hydrogen-bond acceptors (Lipinski definition) is 9. The van der Waals surface area contributed by atoms with Crippen molar-refractivity contribution in [2.45, 2.75) is 19.5 Å². The smallest absolute Gasteiger partial charge is 0.261 e. The van der Waals surface area contributed by atoms with Crippen molar-refractivity contribution in [2.75, 3.05) is 17.2 Å². The molecule has 10 nitrogen and oxygen atoms in total. The summed E-state index contributed by atoms with van der Waals surface area (Å²) in [6, 6.07) is 14.5. The lowest BCUT2D eigenvalue weighted by Crippen LogP contribution is -2.15. The number of hydrogen-bond donors (Lipinski definition) is 4. The fourth-order valence-corrected chi connectivity index (χ4v) is 3.63. The minimum Gasteiger partial charge on any atom is -0.394 e. The van der Waals surface area contributed by atoms with E-state index in [1.807, 2.05) is 30.3 Å². The topological polar surface area (TPSA) is 138 Å². The zero-order valence-electron chi connectivity index (χ0n) is 17.7. The molecule has 1 aliphatic heterocycles. The van der Waals surface area contributed by atoms with Gasteiger partial charge in [-0.25, -0.2) is 9.97 Å². The van der Waals surface area contributed by atoms with Crippen LogP contribution in [0.15, 0.2) is 59.3 Å². The molecule has 0 saturated heterocycles. The number of benzene rings is 1. The predicted molar refractivity (Wildman–Crippen MR) is 121 cm³/mol. The van der Waals surface area contributed by atoms with Crippen LogP contribution in [0, 0.1) is 6.92 Å². The average Bonchev–Trinajstić information content (AvgIpc) is 3.43. The maximum atomic E-state index is 11.8. The van der Waals surface area contributed by atoms with Crippen molar-refractivity contribution in [3.8, 4) is 11.5 Å². The Balaban J connectivity index is 1.48. The number of aliphatic hydroxyl groups excluding tert-OH is 1. The standard InChI is InChI=1S/C23H21N7O3/c1-13-26-23(33-30-13)16-10-24-21(29-20-8-7-15-18(28-20)11-25-22(15)32)9-17(16)27-19(12-31)14-5-3-2-4-6-14/h2-10,19,31H,11-12H2,1H3,(H,25,32)(H2,24,27,28,29)/t19-/m1/s1. The molecule has 0 unspecified atom stereocenters. The number of carbonyl (C=O) groups is 1. The SMILES string of the molecule is Cc1noc(-c2cnc(Nc3ccc4c(n3)CNC4=O)cc2N[C@H](CO)c2ccccc2)n1. The Bertz CT molecular complexity index is 1310. The number of pyridine rings is 2. The number of carbonyl (C=O) groups excluding carboxylic acids is 1. The Morgan fingerprint density at radius 3 is 2.73 bits per heavy atom. The number of aryl methyl sites for hydroxylation is 1. The number of aliphatic hydroxyl groups is 1. The van der Waals surface area contributed by atoms with E-state index in [-0.39, 0.29) is 18.6 Å². The Morgan fingerprint density at radius 1 is 1.12 bits per heavy atom. The second kappa shape index (κ2) is 8.67. The molecular formula is C23H21N7O3. The molecule has 4 aromatic rings. The van der Waals surface area contributed by atoms with E-state index in [0.29, 0.717) is 52.4 Å². The first-order valence-corrected chi connectivity index (χ1v) is 10.4. The first-order valence-electron chi connectivity index (χ1n) is 10.4. The molecule has 0 fully saturated rings. The summed E-state index contributed by atoms with van der Waals surface area (Å²) in [6.07, 6.45) is 1.62. The first kappa shape index (κ1) is 20.6. The summed E-state index contributed by atoms with van der Waals surface area (Å²) in [4.78, 5) is 25.1. The van der Waals surface area contributed by atoms with Crippen LogP contribution in [0.5, 0.6) is 0 Å². The number of fused-ring (bicyclic) bond motifs is 1. The van der Waals surface area contributed by atoms with Gasteiger partial charge >= 0.3 is 0 Å². The molecule has 0 bridgehead atoms. The summed E-state index contributed by atoms with van der Waals surface area (Å²) < 4.78 is 5.36. The van der Waals surface area contributed by atoms with Gasteiger partial charge in [0.2, 0.25) is 0 Å². The molecule has 4 heterocycles. The summed E-state index contributed by atoms with van der Waals surface area (Å²) in [6.45, 7) is 2.02. The second-order valence-electron chi connectivity index (χ2n) is 7.55. The molecule has 166 valence electrons. The van der Waals surface area contributed by atoms with Gasteiger partial charge in [-0.05, 0) is 24.6 Å². The number of aromatic nitrogens is 4. The largest absolute Gasteiger partial charge is 0.394 e. The lowest BCUT2D eigenvalue weighted by atomic mass is 10.1. The van der Waals surface area contributed by atoms with Gasteiger partial charge in [0.1, 0.15) is 11.6 Å². The van der Waals surface area contributed by atoms with Crippen molar-refractivity contribution in [1.82, 2.24) is 25.4 Å². The van der Waals surface area contributed by atoms with Crippen molar-refractivity contribution < 1.29 is 14.4 Å². The van der Waals surface area contributed by atoms with Crippen molar-refractivity contribution in [2.24, 2.45) is 0 Å². The van der Waals surface area contributed by atoms with Gasteiger partial charge < -0.3 is 25.6 Å². The molecule has 33 heavy (non-hydrogen) atoms. The van der Waals surface area contributed by atoms with Crippen LogP contribution in [0.25, 0.3) is 11.5 Å². The minimum absolute atomic E-state index is 0.120. The third-order valence-corrected chi connectivity index (χ3v) is 5.27. The van der Waals surface area contributed by atoms with Crippen molar-refractivity contribution in [3.63, 3.8) is 0 Å².